The van der Waals surface area contributed by atoms with Gasteiger partial charge in [-0.15, -0.1) is 0 Å². The topological polar surface area (TPSA) is 70.0 Å². The Morgan fingerprint density at radius 3 is 2.45 bits per heavy atom. The van der Waals surface area contributed by atoms with Gasteiger partial charge in [-0.05, 0) is 60.1 Å². The van der Waals surface area contributed by atoms with Crippen molar-refractivity contribution < 1.29 is 19.7 Å². The molecule has 0 unspecified atom stereocenters. The van der Waals surface area contributed by atoms with Crippen molar-refractivity contribution in [2.75, 3.05) is 19.7 Å². The molecule has 1 aliphatic heterocycles. The summed E-state index contributed by atoms with van der Waals surface area (Å²) >= 11 is 0. The van der Waals surface area contributed by atoms with E-state index in [1.165, 1.54) is 11.6 Å². The molecule has 3 aromatic carbocycles. The molecule has 5 nitrogen and oxygen atoms in total. The Kier molecular flexibility index (Phi) is 5.95. The van der Waals surface area contributed by atoms with Crippen LogP contribution in [-0.4, -0.2) is 40.7 Å². The van der Waals surface area contributed by atoms with Gasteiger partial charge in [0.1, 0.15) is 23.9 Å². The van der Waals surface area contributed by atoms with Crippen molar-refractivity contribution in [2.45, 2.75) is 37.5 Å². The number of carbonyl (C=O) groups is 1. The van der Waals surface area contributed by atoms with Crippen LogP contribution in [0.1, 0.15) is 53.4 Å². The minimum atomic E-state index is -0.0204. The maximum atomic E-state index is 11.8. The van der Waals surface area contributed by atoms with Crippen LogP contribution in [-0.2, 0) is 11.2 Å². The Morgan fingerprint density at radius 1 is 0.939 bits per heavy atom. The third-order valence-corrected chi connectivity index (χ3v) is 6.93. The Morgan fingerprint density at radius 2 is 1.73 bits per heavy atom. The average molecular weight is 444 g/mol. The number of fused-ring (bicyclic) bond motifs is 1. The third kappa shape index (κ3) is 4.40. The minimum Gasteiger partial charge on any atom is -0.508 e. The van der Waals surface area contributed by atoms with E-state index < -0.39 is 0 Å². The fourth-order valence-corrected chi connectivity index (χ4v) is 5.37. The highest BCUT2D eigenvalue weighted by molar-refractivity contribution is 5.78. The van der Waals surface area contributed by atoms with Crippen LogP contribution >= 0.6 is 0 Å². The van der Waals surface area contributed by atoms with Crippen LogP contribution in [0.2, 0.25) is 0 Å². The van der Waals surface area contributed by atoms with Crippen molar-refractivity contribution >= 4 is 5.91 Å². The second kappa shape index (κ2) is 9.18. The highest BCUT2D eigenvalue weighted by atomic mass is 16.5. The molecule has 33 heavy (non-hydrogen) atoms. The molecule has 5 heteroatoms. The molecular weight excluding hydrogens is 414 g/mol. The first kappa shape index (κ1) is 21.4. The van der Waals surface area contributed by atoms with Gasteiger partial charge in [0.2, 0.25) is 5.91 Å². The molecule has 1 heterocycles. The zero-order valence-corrected chi connectivity index (χ0v) is 18.6. The largest absolute Gasteiger partial charge is 0.508 e. The van der Waals surface area contributed by atoms with Gasteiger partial charge in [-0.1, -0.05) is 42.5 Å². The molecule has 0 bridgehead atoms. The van der Waals surface area contributed by atoms with E-state index in [2.05, 4.69) is 36.4 Å². The zero-order valence-electron chi connectivity index (χ0n) is 18.6. The van der Waals surface area contributed by atoms with E-state index in [0.717, 1.165) is 48.2 Å². The van der Waals surface area contributed by atoms with Gasteiger partial charge in [-0.25, -0.2) is 0 Å². The van der Waals surface area contributed by atoms with Crippen LogP contribution in [0.25, 0.3) is 0 Å². The molecule has 0 radical (unpaired) electrons. The standard InChI is InChI=1S/C28H29NO4/c30-22-17-21-10-13-24(19-5-2-1-3-6-19)27(28(21)25(31)18-22)20-8-11-23(12-9-20)33-16-15-29-14-4-7-26(29)32/h1-3,5-6,8-9,11-12,17-18,24,27,30-31H,4,7,10,13-16H2/t24-,27+/m1/s1. The predicted molar refractivity (Wildman–Crippen MR) is 127 cm³/mol. The number of hydrogen-bond acceptors (Lipinski definition) is 4. The molecule has 0 saturated carbocycles. The average Bonchev–Trinajstić information content (AvgIpc) is 3.24. The lowest BCUT2D eigenvalue weighted by molar-refractivity contribution is -0.128. The zero-order chi connectivity index (χ0) is 22.8. The van der Waals surface area contributed by atoms with Gasteiger partial charge in [0.05, 0.1) is 6.54 Å². The number of ether oxygens (including phenoxy) is 1. The summed E-state index contributed by atoms with van der Waals surface area (Å²) in [7, 11) is 0. The first-order valence-electron chi connectivity index (χ1n) is 11.7. The third-order valence-electron chi connectivity index (χ3n) is 6.93. The number of carbonyl (C=O) groups excluding carboxylic acids is 1. The van der Waals surface area contributed by atoms with E-state index in [9.17, 15) is 15.0 Å². The smallest absolute Gasteiger partial charge is 0.222 e. The first-order chi connectivity index (χ1) is 16.1. The van der Waals surface area contributed by atoms with Crippen LogP contribution in [0.4, 0.5) is 0 Å². The van der Waals surface area contributed by atoms with Crippen LogP contribution in [0.5, 0.6) is 17.2 Å². The number of nitrogens with zero attached hydrogens (tertiary/aromatic N) is 1. The van der Waals surface area contributed by atoms with Gasteiger partial charge in [0.25, 0.3) is 0 Å². The number of aromatic hydroxyl groups is 2. The van der Waals surface area contributed by atoms with Gasteiger partial charge in [0, 0.05) is 30.5 Å². The monoisotopic (exact) mass is 443 g/mol. The Labute approximate surface area is 194 Å². The summed E-state index contributed by atoms with van der Waals surface area (Å²) in [6, 6.07) is 21.7. The van der Waals surface area contributed by atoms with Crippen LogP contribution in [0, 0.1) is 0 Å². The first-order valence-corrected chi connectivity index (χ1v) is 11.7. The summed E-state index contributed by atoms with van der Waals surface area (Å²) in [5, 5.41) is 20.8. The summed E-state index contributed by atoms with van der Waals surface area (Å²) in [4.78, 5) is 13.6. The Bertz CT molecular complexity index is 1130. The normalized spacial score (nSPS) is 20.0. The summed E-state index contributed by atoms with van der Waals surface area (Å²) in [6.45, 7) is 1.91. The van der Waals surface area contributed by atoms with Crippen molar-refractivity contribution in [3.8, 4) is 17.2 Å². The van der Waals surface area contributed by atoms with E-state index in [1.807, 2.05) is 23.1 Å². The molecule has 1 saturated heterocycles. The SMILES string of the molecule is O=C1CCCN1CCOc1ccc([C@@H]2c3c(O)cc(O)cc3CC[C@@H]2c2ccccc2)cc1. The Balaban J connectivity index is 1.40. The molecule has 0 aromatic heterocycles. The van der Waals surface area contributed by atoms with Crippen molar-refractivity contribution in [3.05, 3.63) is 89.0 Å². The maximum Gasteiger partial charge on any atom is 0.222 e. The molecule has 5 rings (SSSR count). The molecular formula is C28H29NO4. The second-order valence-electron chi connectivity index (χ2n) is 8.97. The summed E-state index contributed by atoms with van der Waals surface area (Å²) in [5.41, 5.74) is 4.25. The highest BCUT2D eigenvalue weighted by Crippen LogP contribution is 2.50. The second-order valence-corrected chi connectivity index (χ2v) is 8.97. The van der Waals surface area contributed by atoms with Crippen molar-refractivity contribution in [3.63, 3.8) is 0 Å². The molecule has 1 fully saturated rings. The molecule has 1 amide bonds. The lowest BCUT2D eigenvalue weighted by Crippen LogP contribution is -2.29. The van der Waals surface area contributed by atoms with Crippen molar-refractivity contribution in [2.24, 2.45) is 0 Å². The molecule has 170 valence electrons. The molecule has 1 aliphatic carbocycles. The van der Waals surface area contributed by atoms with E-state index in [1.54, 1.807) is 6.07 Å². The van der Waals surface area contributed by atoms with Crippen LogP contribution in [0.3, 0.4) is 0 Å². The lowest BCUT2D eigenvalue weighted by atomic mass is 9.69. The highest BCUT2D eigenvalue weighted by Gasteiger charge is 2.34. The Hall–Kier alpha value is -3.47. The van der Waals surface area contributed by atoms with Crippen molar-refractivity contribution in [1.29, 1.82) is 0 Å². The van der Waals surface area contributed by atoms with Gasteiger partial charge < -0.3 is 19.8 Å². The number of phenols is 2. The number of amides is 1. The van der Waals surface area contributed by atoms with Gasteiger partial charge >= 0.3 is 0 Å². The predicted octanol–water partition coefficient (Wildman–Crippen LogP) is 4.96. The number of phenolic OH excluding ortho intramolecular Hbond substituents is 2. The molecule has 2 N–H and O–H groups in total. The molecule has 2 atom stereocenters. The number of benzene rings is 3. The number of likely N-dealkylation sites (tertiary alicyclic amines) is 1. The number of rotatable bonds is 6. The molecule has 0 spiro atoms. The fourth-order valence-electron chi connectivity index (χ4n) is 5.37. The quantitative estimate of drug-likeness (QED) is 0.565. The fraction of sp³-hybridized carbons (Fsp3) is 0.321. The van der Waals surface area contributed by atoms with E-state index in [0.29, 0.717) is 19.6 Å². The van der Waals surface area contributed by atoms with Gasteiger partial charge in [-0.2, -0.15) is 0 Å². The lowest BCUT2D eigenvalue weighted by Gasteiger charge is -2.35. The van der Waals surface area contributed by atoms with E-state index in [4.69, 9.17) is 4.74 Å². The summed E-state index contributed by atoms with van der Waals surface area (Å²) in [6.07, 6.45) is 3.32. The van der Waals surface area contributed by atoms with Crippen LogP contribution < -0.4 is 4.74 Å². The van der Waals surface area contributed by atoms with E-state index >= 15 is 0 Å². The van der Waals surface area contributed by atoms with Crippen LogP contribution in [0.15, 0.2) is 66.7 Å². The minimum absolute atomic E-state index is 0.0204. The van der Waals surface area contributed by atoms with Gasteiger partial charge in [-0.3, -0.25) is 4.79 Å². The van der Waals surface area contributed by atoms with Crippen molar-refractivity contribution in [1.82, 2.24) is 4.90 Å². The van der Waals surface area contributed by atoms with Gasteiger partial charge in [0.15, 0.2) is 0 Å². The van der Waals surface area contributed by atoms with E-state index in [-0.39, 0.29) is 29.2 Å². The molecule has 3 aromatic rings. The molecule has 2 aliphatic rings. The summed E-state index contributed by atoms with van der Waals surface area (Å²) in [5.74, 6) is 1.43. The number of hydrogen-bond donors (Lipinski definition) is 2. The maximum absolute atomic E-state index is 11.8. The summed E-state index contributed by atoms with van der Waals surface area (Å²) < 4.78 is 5.90. The number of aryl methyl sites for hydroxylation is 1.